The van der Waals surface area contributed by atoms with Crippen LogP contribution < -0.4 is 5.73 Å². The van der Waals surface area contributed by atoms with Crippen LogP contribution >= 0.6 is 27.3 Å². The van der Waals surface area contributed by atoms with Crippen LogP contribution in [0.1, 0.15) is 15.4 Å². The number of nitrogens with two attached hydrogens (primary N) is 1. The summed E-state index contributed by atoms with van der Waals surface area (Å²) in [6, 6.07) is 5.14. The summed E-state index contributed by atoms with van der Waals surface area (Å²) >= 11 is 4.70. The molecule has 0 atom stereocenters. The summed E-state index contributed by atoms with van der Waals surface area (Å²) in [4.78, 5) is 16.6. The van der Waals surface area contributed by atoms with E-state index in [1.54, 1.807) is 12.1 Å². The second-order valence-corrected chi connectivity index (χ2v) is 4.67. The van der Waals surface area contributed by atoms with Gasteiger partial charge in [0, 0.05) is 4.47 Å². The minimum atomic E-state index is -0.0862. The number of halogens is 1. The largest absolute Gasteiger partial charge is 0.397 e. The number of thiophene rings is 1. The third-order valence-corrected chi connectivity index (χ3v) is 3.68. The van der Waals surface area contributed by atoms with Gasteiger partial charge in [0.2, 0.25) is 5.78 Å². The molecule has 2 heterocycles. The smallest absolute Gasteiger partial charge is 0.222 e. The number of nitrogens with zero attached hydrogens (tertiary/aromatic N) is 1. The Morgan fingerprint density at radius 1 is 1.40 bits per heavy atom. The predicted molar refractivity (Wildman–Crippen MR) is 64.1 cm³/mol. The minimum absolute atomic E-state index is 0.0862. The molecule has 0 aliphatic heterocycles. The quantitative estimate of drug-likeness (QED) is 0.862. The van der Waals surface area contributed by atoms with E-state index in [4.69, 9.17) is 5.73 Å². The SMILES string of the molecule is Nc1ccc(C(=O)c2sccc2Br)nc1. The number of hydrogen-bond acceptors (Lipinski definition) is 4. The summed E-state index contributed by atoms with van der Waals surface area (Å²) in [5.74, 6) is -0.0862. The summed E-state index contributed by atoms with van der Waals surface area (Å²) in [5.41, 5.74) is 6.46. The van der Waals surface area contributed by atoms with Gasteiger partial charge in [-0.2, -0.15) is 0 Å². The van der Waals surface area contributed by atoms with Crippen molar-refractivity contribution in [1.29, 1.82) is 0 Å². The van der Waals surface area contributed by atoms with Gasteiger partial charge in [-0.1, -0.05) is 0 Å². The number of nitrogen functional groups attached to an aromatic ring is 1. The Bertz CT molecular complexity index is 492. The molecule has 0 bridgehead atoms. The Morgan fingerprint density at radius 3 is 2.73 bits per heavy atom. The van der Waals surface area contributed by atoms with Gasteiger partial charge in [0.05, 0.1) is 16.8 Å². The van der Waals surface area contributed by atoms with Gasteiger partial charge in [0.1, 0.15) is 5.69 Å². The van der Waals surface area contributed by atoms with Crippen molar-refractivity contribution in [3.8, 4) is 0 Å². The number of rotatable bonds is 2. The fraction of sp³-hybridized carbons (Fsp3) is 0. The highest BCUT2D eigenvalue weighted by molar-refractivity contribution is 9.10. The molecule has 0 saturated carbocycles. The monoisotopic (exact) mass is 282 g/mol. The van der Waals surface area contributed by atoms with Crippen molar-refractivity contribution in [3.05, 3.63) is 44.8 Å². The van der Waals surface area contributed by atoms with Crippen LogP contribution in [0.25, 0.3) is 0 Å². The van der Waals surface area contributed by atoms with Gasteiger partial charge in [-0.3, -0.25) is 9.78 Å². The average molecular weight is 283 g/mol. The third-order valence-electron chi connectivity index (χ3n) is 1.84. The van der Waals surface area contributed by atoms with E-state index in [9.17, 15) is 4.79 Å². The maximum absolute atomic E-state index is 11.9. The summed E-state index contributed by atoms with van der Waals surface area (Å²) in [6.45, 7) is 0. The van der Waals surface area contributed by atoms with Crippen LogP contribution in [0.2, 0.25) is 0 Å². The zero-order valence-corrected chi connectivity index (χ0v) is 10.0. The maximum Gasteiger partial charge on any atom is 0.222 e. The summed E-state index contributed by atoms with van der Waals surface area (Å²) < 4.78 is 0.802. The molecule has 0 aliphatic rings. The molecule has 0 spiro atoms. The standard InChI is InChI=1S/C10H7BrN2OS/c11-7-3-4-15-10(7)9(14)8-2-1-6(12)5-13-8/h1-5H,12H2. The Hall–Kier alpha value is -1.20. The lowest BCUT2D eigenvalue weighted by Crippen LogP contribution is -2.02. The van der Waals surface area contributed by atoms with Gasteiger partial charge < -0.3 is 5.73 Å². The zero-order valence-electron chi connectivity index (χ0n) is 7.61. The first kappa shape index (κ1) is 10.3. The van der Waals surface area contributed by atoms with Gasteiger partial charge in [-0.15, -0.1) is 11.3 Å². The molecule has 0 saturated heterocycles. The lowest BCUT2D eigenvalue weighted by molar-refractivity contribution is 0.103. The van der Waals surface area contributed by atoms with E-state index in [1.165, 1.54) is 17.5 Å². The lowest BCUT2D eigenvalue weighted by atomic mass is 10.2. The number of carbonyl (C=O) groups is 1. The maximum atomic E-state index is 11.9. The fourth-order valence-electron chi connectivity index (χ4n) is 1.11. The molecule has 2 aromatic heterocycles. The zero-order chi connectivity index (χ0) is 10.8. The van der Waals surface area contributed by atoms with Crippen LogP contribution in [0.15, 0.2) is 34.2 Å². The average Bonchev–Trinajstić information content (AvgIpc) is 2.65. The van der Waals surface area contributed by atoms with E-state index in [1.807, 2.05) is 11.4 Å². The number of hydrogen-bond donors (Lipinski definition) is 1. The Balaban J connectivity index is 2.37. The number of aromatic nitrogens is 1. The highest BCUT2D eigenvalue weighted by Crippen LogP contribution is 2.24. The van der Waals surface area contributed by atoms with Crippen molar-refractivity contribution < 1.29 is 4.79 Å². The van der Waals surface area contributed by atoms with Crippen LogP contribution in [0, 0.1) is 0 Å². The molecule has 0 fully saturated rings. The second kappa shape index (κ2) is 4.12. The third kappa shape index (κ3) is 2.08. The van der Waals surface area contributed by atoms with Crippen molar-refractivity contribution in [3.63, 3.8) is 0 Å². The molecule has 0 aromatic carbocycles. The molecular formula is C10H7BrN2OS. The Labute approximate surface area is 99.1 Å². The first-order valence-electron chi connectivity index (χ1n) is 4.17. The number of ketones is 1. The molecule has 0 amide bonds. The molecule has 0 radical (unpaired) electrons. The molecule has 2 rings (SSSR count). The van der Waals surface area contributed by atoms with E-state index in [-0.39, 0.29) is 5.78 Å². The lowest BCUT2D eigenvalue weighted by Gasteiger charge is -1.98. The van der Waals surface area contributed by atoms with Crippen molar-refractivity contribution in [2.45, 2.75) is 0 Å². The summed E-state index contributed by atoms with van der Waals surface area (Å²) in [5, 5.41) is 1.86. The first-order valence-corrected chi connectivity index (χ1v) is 5.85. The van der Waals surface area contributed by atoms with Gasteiger partial charge >= 0.3 is 0 Å². The molecule has 0 unspecified atom stereocenters. The minimum Gasteiger partial charge on any atom is -0.397 e. The molecule has 2 aromatic rings. The van der Waals surface area contributed by atoms with E-state index in [2.05, 4.69) is 20.9 Å². The van der Waals surface area contributed by atoms with Crippen molar-refractivity contribution in [1.82, 2.24) is 4.98 Å². The Kier molecular flexibility index (Phi) is 2.83. The summed E-state index contributed by atoms with van der Waals surface area (Å²) in [6.07, 6.45) is 1.48. The topological polar surface area (TPSA) is 56.0 Å². The number of pyridine rings is 1. The normalized spacial score (nSPS) is 10.2. The number of carbonyl (C=O) groups excluding carboxylic acids is 1. The molecular weight excluding hydrogens is 276 g/mol. The van der Waals surface area contributed by atoms with E-state index >= 15 is 0 Å². The van der Waals surface area contributed by atoms with Crippen LogP contribution in [-0.2, 0) is 0 Å². The van der Waals surface area contributed by atoms with E-state index in [0.29, 0.717) is 16.3 Å². The summed E-state index contributed by atoms with van der Waals surface area (Å²) in [7, 11) is 0. The predicted octanol–water partition coefficient (Wildman–Crippen LogP) is 2.72. The van der Waals surface area contributed by atoms with Crippen LogP contribution in [0.4, 0.5) is 5.69 Å². The van der Waals surface area contributed by atoms with Crippen LogP contribution in [-0.4, -0.2) is 10.8 Å². The van der Waals surface area contributed by atoms with Gasteiger partial charge in [-0.05, 0) is 39.5 Å². The van der Waals surface area contributed by atoms with Crippen molar-refractivity contribution >= 4 is 38.7 Å². The molecule has 3 nitrogen and oxygen atoms in total. The highest BCUT2D eigenvalue weighted by Gasteiger charge is 2.14. The van der Waals surface area contributed by atoms with Crippen LogP contribution in [0.3, 0.4) is 0 Å². The van der Waals surface area contributed by atoms with Crippen LogP contribution in [0.5, 0.6) is 0 Å². The Morgan fingerprint density at radius 2 is 2.20 bits per heavy atom. The van der Waals surface area contributed by atoms with Gasteiger partial charge in [0.15, 0.2) is 0 Å². The molecule has 76 valence electrons. The molecule has 5 heteroatoms. The van der Waals surface area contributed by atoms with E-state index in [0.717, 1.165) is 4.47 Å². The molecule has 0 aliphatic carbocycles. The van der Waals surface area contributed by atoms with Crippen molar-refractivity contribution in [2.75, 3.05) is 5.73 Å². The second-order valence-electron chi connectivity index (χ2n) is 2.90. The number of anilines is 1. The first-order chi connectivity index (χ1) is 7.18. The van der Waals surface area contributed by atoms with Gasteiger partial charge in [0.25, 0.3) is 0 Å². The molecule has 2 N–H and O–H groups in total. The van der Waals surface area contributed by atoms with Crippen molar-refractivity contribution in [2.24, 2.45) is 0 Å². The van der Waals surface area contributed by atoms with E-state index < -0.39 is 0 Å². The van der Waals surface area contributed by atoms with Gasteiger partial charge in [-0.25, -0.2) is 0 Å². The molecule has 15 heavy (non-hydrogen) atoms. The fourth-order valence-corrected chi connectivity index (χ4v) is 2.61. The highest BCUT2D eigenvalue weighted by atomic mass is 79.9.